The van der Waals surface area contributed by atoms with Gasteiger partial charge in [-0.15, -0.1) is 23.1 Å². The first-order valence-electron chi connectivity index (χ1n) is 14.0. The number of nitrogens with zero attached hydrogens (tertiary/aromatic N) is 3. The number of methoxy groups -OCH3 is 1. The average molecular weight is 715 g/mol. The number of thiophene rings is 1. The number of carbonyl (C=O) groups is 3. The fourth-order valence-electron chi connectivity index (χ4n) is 5.61. The first-order chi connectivity index (χ1) is 21.6. The number of hydrogen-bond donors (Lipinski definition) is 0. The number of benzene rings is 2. The number of carbonyl (C=O) groups excluding carboxylic acids is 3. The Morgan fingerprint density at radius 2 is 1.87 bits per heavy atom. The molecule has 0 bridgehead atoms. The number of fused-ring (bicyclic) bond motifs is 2. The van der Waals surface area contributed by atoms with Gasteiger partial charge in [0.2, 0.25) is 0 Å². The van der Waals surface area contributed by atoms with Crippen molar-refractivity contribution < 1.29 is 33.5 Å². The van der Waals surface area contributed by atoms with Gasteiger partial charge in [-0.2, -0.15) is 0 Å². The molecule has 1 amide bonds. The van der Waals surface area contributed by atoms with Crippen molar-refractivity contribution in [3.63, 3.8) is 0 Å². The molecule has 3 aliphatic rings. The third-order valence-corrected chi connectivity index (χ3v) is 11.9. The van der Waals surface area contributed by atoms with Gasteiger partial charge in [-0.1, -0.05) is 28.1 Å². The largest absolute Gasteiger partial charge is 0.497 e. The molecule has 3 atom stereocenters. The first kappa shape index (κ1) is 31.3. The van der Waals surface area contributed by atoms with Crippen molar-refractivity contribution in [2.24, 2.45) is 0 Å². The number of ether oxygens (including phenoxy) is 3. The van der Waals surface area contributed by atoms with Gasteiger partial charge in [0.1, 0.15) is 23.4 Å². The number of amides is 1. The highest BCUT2D eigenvalue weighted by molar-refractivity contribution is 9.10. The lowest BCUT2D eigenvalue weighted by molar-refractivity contribution is -0.384. The molecule has 0 spiro atoms. The predicted molar refractivity (Wildman–Crippen MR) is 170 cm³/mol. The second-order valence-electron chi connectivity index (χ2n) is 10.8. The third-order valence-electron chi connectivity index (χ3n) is 7.89. The fraction of sp³-hybridized carbons (Fsp3) is 0.323. The number of rotatable bonds is 10. The van der Waals surface area contributed by atoms with Crippen LogP contribution in [0.1, 0.15) is 39.5 Å². The normalized spacial score (nSPS) is 21.2. The van der Waals surface area contributed by atoms with Crippen molar-refractivity contribution in [2.45, 2.75) is 48.8 Å². The number of alkyl halides is 1. The van der Waals surface area contributed by atoms with Crippen molar-refractivity contribution in [2.75, 3.05) is 13.7 Å². The Kier molecular flexibility index (Phi) is 8.74. The lowest BCUT2D eigenvalue weighted by Crippen LogP contribution is -2.70. The maximum absolute atomic E-state index is 13.7. The summed E-state index contributed by atoms with van der Waals surface area (Å²) in [6.45, 7) is 3.58. The molecule has 4 heterocycles. The van der Waals surface area contributed by atoms with E-state index in [4.69, 9.17) is 14.2 Å². The lowest BCUT2D eigenvalue weighted by Gasteiger charge is -2.51. The van der Waals surface area contributed by atoms with Crippen LogP contribution in [0.15, 0.2) is 65.7 Å². The van der Waals surface area contributed by atoms with Crippen LogP contribution in [0.3, 0.4) is 0 Å². The smallest absolute Gasteiger partial charge is 0.355 e. The van der Waals surface area contributed by atoms with E-state index in [2.05, 4.69) is 33.0 Å². The highest BCUT2D eigenvalue weighted by Gasteiger charge is 2.69. The van der Waals surface area contributed by atoms with Crippen molar-refractivity contribution in [1.29, 1.82) is 0 Å². The number of thioether (sulfide) groups is 1. The second-order valence-corrected chi connectivity index (χ2v) is 14.3. The number of hydrogen-bond acceptors (Lipinski definition) is 11. The topological polar surface area (TPSA) is 129 Å². The number of esters is 2. The molecule has 2 unspecified atom stereocenters. The molecular formula is C31H28BrN3O8S2. The SMILES string of the molecule is COc1ccc(CN2CCc3sc(C(OC(C)=O)C4(Br)C(=O)N5C(C(=O)OCc6ccc([N+](=O)[O-])cc6)=CS[C@@H]54)cc3C2)cc1. The summed E-state index contributed by atoms with van der Waals surface area (Å²) in [6.07, 6.45) is -0.0613. The second kappa shape index (κ2) is 12.6. The molecule has 1 saturated heterocycles. The van der Waals surface area contributed by atoms with Gasteiger partial charge < -0.3 is 14.2 Å². The van der Waals surface area contributed by atoms with Crippen LogP contribution in [0.2, 0.25) is 0 Å². The van der Waals surface area contributed by atoms with Crippen molar-refractivity contribution in [3.8, 4) is 5.75 Å². The minimum Gasteiger partial charge on any atom is -0.497 e. The molecule has 0 N–H and O–H groups in total. The van der Waals surface area contributed by atoms with Crippen LogP contribution in [0.4, 0.5) is 5.69 Å². The molecule has 3 aromatic rings. The van der Waals surface area contributed by atoms with Crippen LogP contribution in [-0.4, -0.2) is 55.9 Å². The van der Waals surface area contributed by atoms with Gasteiger partial charge in [-0.3, -0.25) is 29.5 Å². The fourth-order valence-corrected chi connectivity index (χ4v) is 9.32. The molecule has 234 valence electrons. The van der Waals surface area contributed by atoms with Crippen molar-refractivity contribution in [1.82, 2.24) is 9.80 Å². The van der Waals surface area contributed by atoms with Gasteiger partial charge >= 0.3 is 11.9 Å². The quantitative estimate of drug-likeness (QED) is 0.0878. The Labute approximate surface area is 275 Å². The van der Waals surface area contributed by atoms with E-state index in [1.54, 1.807) is 23.9 Å². The van der Waals surface area contributed by atoms with E-state index in [1.165, 1.54) is 58.3 Å². The first-order valence-corrected chi connectivity index (χ1v) is 16.6. The molecule has 2 aromatic carbocycles. The van der Waals surface area contributed by atoms with E-state index in [-0.39, 0.29) is 18.0 Å². The van der Waals surface area contributed by atoms with Gasteiger partial charge in [0, 0.05) is 53.9 Å². The van der Waals surface area contributed by atoms with Crippen LogP contribution < -0.4 is 4.74 Å². The minimum atomic E-state index is -1.28. The number of nitro groups is 1. The van der Waals surface area contributed by atoms with E-state index in [9.17, 15) is 24.5 Å². The summed E-state index contributed by atoms with van der Waals surface area (Å²) in [5.41, 5.74) is 2.91. The maximum atomic E-state index is 13.7. The molecule has 1 fully saturated rings. The summed E-state index contributed by atoms with van der Waals surface area (Å²) in [5.74, 6) is -0.807. The zero-order chi connectivity index (χ0) is 31.9. The van der Waals surface area contributed by atoms with Crippen LogP contribution >= 0.6 is 39.0 Å². The zero-order valence-electron chi connectivity index (χ0n) is 24.3. The van der Waals surface area contributed by atoms with Crippen LogP contribution in [0.25, 0.3) is 0 Å². The lowest BCUT2D eigenvalue weighted by atomic mass is 9.89. The van der Waals surface area contributed by atoms with Crippen molar-refractivity contribution >= 4 is 62.6 Å². The van der Waals surface area contributed by atoms with Crippen molar-refractivity contribution in [3.05, 3.63) is 102 Å². The van der Waals surface area contributed by atoms with Gasteiger partial charge in [-0.25, -0.2) is 4.79 Å². The molecule has 6 rings (SSSR count). The summed E-state index contributed by atoms with van der Waals surface area (Å²) in [7, 11) is 1.64. The van der Waals surface area contributed by atoms with Crippen LogP contribution in [0, 0.1) is 10.1 Å². The number of halogens is 1. The summed E-state index contributed by atoms with van der Waals surface area (Å²) < 4.78 is 15.2. The summed E-state index contributed by atoms with van der Waals surface area (Å²) >= 11 is 6.48. The molecule has 3 aliphatic heterocycles. The van der Waals surface area contributed by atoms with E-state index in [0.29, 0.717) is 5.56 Å². The van der Waals surface area contributed by atoms with E-state index in [1.807, 2.05) is 18.2 Å². The Hall–Kier alpha value is -3.72. The molecule has 14 heteroatoms. The molecular weight excluding hydrogens is 686 g/mol. The molecule has 0 aliphatic carbocycles. The van der Waals surface area contributed by atoms with Gasteiger partial charge in [0.15, 0.2) is 10.4 Å². The Balaban J connectivity index is 1.14. The summed E-state index contributed by atoms with van der Waals surface area (Å²) in [4.78, 5) is 55.1. The zero-order valence-corrected chi connectivity index (χ0v) is 27.5. The average Bonchev–Trinajstić information content (AvgIpc) is 3.66. The number of nitro benzene ring substituents is 1. The molecule has 0 radical (unpaired) electrons. The number of non-ortho nitro benzene ring substituents is 1. The number of β-lactam (4-membered cyclic amide) rings is 1. The molecule has 0 saturated carbocycles. The Morgan fingerprint density at radius 3 is 2.53 bits per heavy atom. The van der Waals surface area contributed by atoms with E-state index < -0.39 is 38.6 Å². The van der Waals surface area contributed by atoms with Gasteiger partial charge in [-0.05, 0) is 53.4 Å². The Bertz CT molecular complexity index is 1690. The maximum Gasteiger partial charge on any atom is 0.355 e. The van der Waals surface area contributed by atoms with Gasteiger partial charge in [0.05, 0.1) is 12.0 Å². The highest BCUT2D eigenvalue weighted by Crippen LogP contribution is 2.59. The monoisotopic (exact) mass is 713 g/mol. The summed E-state index contributed by atoms with van der Waals surface area (Å²) in [5, 5.41) is 11.9. The van der Waals surface area contributed by atoms with E-state index in [0.717, 1.165) is 42.2 Å². The molecule has 45 heavy (non-hydrogen) atoms. The van der Waals surface area contributed by atoms with Gasteiger partial charge in [0.25, 0.3) is 11.6 Å². The highest BCUT2D eigenvalue weighted by atomic mass is 79.9. The molecule has 11 nitrogen and oxygen atoms in total. The Morgan fingerprint density at radius 1 is 1.16 bits per heavy atom. The van der Waals surface area contributed by atoms with Crippen LogP contribution in [0.5, 0.6) is 5.75 Å². The standard InChI is InChI=1S/C31H28BrN3O8S2/c1-18(36)43-27(26-13-21-15-33(12-11-25(21)45-26)14-19-5-9-23(41-2)10-6-19)31(32)29(38)34-24(17-44-30(31)34)28(37)42-16-20-3-7-22(8-4-20)35(39)40/h3-10,13,17,27,30H,11-12,14-16H2,1-2H3/t27?,30-,31?/m1/s1. The summed E-state index contributed by atoms with van der Waals surface area (Å²) in [6, 6.07) is 15.7. The minimum absolute atomic E-state index is 0.0672. The molecule has 1 aromatic heterocycles. The third kappa shape index (κ3) is 5.99. The predicted octanol–water partition coefficient (Wildman–Crippen LogP) is 5.46. The van der Waals surface area contributed by atoms with E-state index >= 15 is 0 Å². The van der Waals surface area contributed by atoms with Crippen LogP contribution in [-0.2, 0) is 50.0 Å².